The van der Waals surface area contributed by atoms with Gasteiger partial charge in [-0.25, -0.2) is 0 Å². The second-order valence-corrected chi connectivity index (χ2v) is 5.05. The number of halogens is 2. The van der Waals surface area contributed by atoms with Gasteiger partial charge >= 0.3 is 5.97 Å². The summed E-state index contributed by atoms with van der Waals surface area (Å²) in [6.45, 7) is 0. The predicted octanol–water partition coefficient (Wildman–Crippen LogP) is 3.65. The van der Waals surface area contributed by atoms with Crippen molar-refractivity contribution in [2.75, 3.05) is 0 Å². The molecule has 16 heavy (non-hydrogen) atoms. The van der Waals surface area contributed by atoms with E-state index in [4.69, 9.17) is 28.3 Å². The molecule has 0 spiro atoms. The molecular weight excluding hydrogens is 247 g/mol. The third-order valence-corrected chi connectivity index (χ3v) is 3.96. The Labute approximate surface area is 104 Å². The fraction of sp³-hybridized carbons (Fsp3) is 0.417. The Bertz CT molecular complexity index is 417. The van der Waals surface area contributed by atoms with Crippen LogP contribution >= 0.6 is 23.2 Å². The Kier molecular flexibility index (Phi) is 3.41. The first-order chi connectivity index (χ1) is 7.58. The minimum atomic E-state index is -0.684. The van der Waals surface area contributed by atoms with Crippen LogP contribution < -0.4 is 0 Å². The van der Waals surface area contributed by atoms with Gasteiger partial charge in [0.25, 0.3) is 0 Å². The van der Waals surface area contributed by atoms with Crippen molar-refractivity contribution >= 4 is 29.2 Å². The number of hydrogen-bond donors (Lipinski definition) is 1. The molecule has 0 radical (unpaired) electrons. The van der Waals surface area contributed by atoms with Gasteiger partial charge in [-0.2, -0.15) is 0 Å². The molecule has 1 fully saturated rings. The Morgan fingerprint density at radius 1 is 1.31 bits per heavy atom. The highest BCUT2D eigenvalue weighted by molar-refractivity contribution is 6.42. The lowest BCUT2D eigenvalue weighted by atomic mass is 9.71. The molecule has 1 aliphatic rings. The first kappa shape index (κ1) is 11.7. The Morgan fingerprint density at radius 3 is 2.56 bits per heavy atom. The van der Waals surface area contributed by atoms with Gasteiger partial charge in [0.1, 0.15) is 0 Å². The molecule has 0 bridgehead atoms. The molecule has 1 aromatic rings. The van der Waals surface area contributed by atoms with Gasteiger partial charge in [-0.1, -0.05) is 29.3 Å². The van der Waals surface area contributed by atoms with Crippen LogP contribution in [-0.4, -0.2) is 11.1 Å². The minimum absolute atomic E-state index is 0.186. The highest BCUT2D eigenvalue weighted by Crippen LogP contribution is 2.37. The van der Waals surface area contributed by atoms with E-state index < -0.39 is 5.97 Å². The van der Waals surface area contributed by atoms with E-state index in [2.05, 4.69) is 0 Å². The molecule has 4 heteroatoms. The summed E-state index contributed by atoms with van der Waals surface area (Å²) in [4.78, 5) is 10.9. The van der Waals surface area contributed by atoms with Crippen molar-refractivity contribution in [3.05, 3.63) is 33.8 Å². The zero-order valence-corrected chi connectivity index (χ0v) is 10.1. The summed E-state index contributed by atoms with van der Waals surface area (Å²) in [6, 6.07) is 5.49. The van der Waals surface area contributed by atoms with Gasteiger partial charge in [0.15, 0.2) is 0 Å². The van der Waals surface area contributed by atoms with Crippen molar-refractivity contribution < 1.29 is 9.90 Å². The van der Waals surface area contributed by atoms with Crippen LogP contribution in [0.3, 0.4) is 0 Å². The van der Waals surface area contributed by atoms with Gasteiger partial charge in [0.05, 0.1) is 16.0 Å². The summed E-state index contributed by atoms with van der Waals surface area (Å²) < 4.78 is 0. The Hall–Kier alpha value is -0.730. The van der Waals surface area contributed by atoms with E-state index in [1.54, 1.807) is 6.07 Å². The Balaban J connectivity index is 2.04. The topological polar surface area (TPSA) is 37.3 Å². The fourth-order valence-corrected chi connectivity index (χ4v) is 2.43. The third-order valence-electron chi connectivity index (χ3n) is 3.22. The van der Waals surface area contributed by atoms with Gasteiger partial charge in [-0.15, -0.1) is 0 Å². The van der Waals surface area contributed by atoms with Crippen molar-refractivity contribution in [1.82, 2.24) is 0 Å². The lowest BCUT2D eigenvalue weighted by Crippen LogP contribution is -2.34. The van der Waals surface area contributed by atoms with Crippen molar-refractivity contribution in [3.63, 3.8) is 0 Å². The Morgan fingerprint density at radius 2 is 2.06 bits per heavy atom. The molecule has 2 rings (SSSR count). The van der Waals surface area contributed by atoms with Crippen LogP contribution in [0.25, 0.3) is 0 Å². The number of aliphatic carboxylic acids is 1. The molecule has 1 aliphatic carbocycles. The zero-order valence-electron chi connectivity index (χ0n) is 8.62. The largest absolute Gasteiger partial charge is 0.481 e. The van der Waals surface area contributed by atoms with Gasteiger partial charge in [-0.05, 0) is 42.9 Å². The van der Waals surface area contributed by atoms with E-state index in [0.717, 1.165) is 24.8 Å². The van der Waals surface area contributed by atoms with E-state index >= 15 is 0 Å². The average molecular weight is 259 g/mol. The normalized spacial score (nSPS) is 23.9. The summed E-state index contributed by atoms with van der Waals surface area (Å²) in [6.07, 6.45) is 2.55. The van der Waals surface area contributed by atoms with E-state index in [9.17, 15) is 4.79 Å². The second-order valence-electron chi connectivity index (χ2n) is 4.23. The summed E-state index contributed by atoms with van der Waals surface area (Å²) in [5, 5.41) is 10.0. The number of benzene rings is 1. The summed E-state index contributed by atoms with van der Waals surface area (Å²) >= 11 is 11.7. The molecule has 0 saturated heterocycles. The first-order valence-corrected chi connectivity index (χ1v) is 6.00. The second kappa shape index (κ2) is 4.64. The number of carbonyl (C=O) groups is 1. The van der Waals surface area contributed by atoms with Crippen LogP contribution in [-0.2, 0) is 11.2 Å². The number of hydrogen-bond acceptors (Lipinski definition) is 1. The van der Waals surface area contributed by atoms with Crippen LogP contribution in [0.15, 0.2) is 18.2 Å². The van der Waals surface area contributed by atoms with Crippen LogP contribution in [0.1, 0.15) is 18.4 Å². The molecule has 0 aromatic heterocycles. The molecule has 0 aliphatic heterocycles. The summed E-state index contributed by atoms with van der Waals surface area (Å²) in [7, 11) is 0. The maximum absolute atomic E-state index is 10.9. The van der Waals surface area contributed by atoms with Crippen LogP contribution in [0.5, 0.6) is 0 Å². The molecule has 2 atom stereocenters. The predicted molar refractivity (Wildman–Crippen MR) is 64.0 cm³/mol. The molecule has 2 nitrogen and oxygen atoms in total. The van der Waals surface area contributed by atoms with E-state index in [1.165, 1.54) is 0 Å². The van der Waals surface area contributed by atoms with Crippen LogP contribution in [0.4, 0.5) is 0 Å². The monoisotopic (exact) mass is 258 g/mol. The first-order valence-electron chi connectivity index (χ1n) is 5.24. The van der Waals surface area contributed by atoms with E-state index in [0.29, 0.717) is 10.0 Å². The lowest BCUT2D eigenvalue weighted by Gasteiger charge is -2.33. The number of carboxylic acids is 1. The minimum Gasteiger partial charge on any atom is -0.481 e. The van der Waals surface area contributed by atoms with Crippen molar-refractivity contribution in [2.24, 2.45) is 11.8 Å². The highest BCUT2D eigenvalue weighted by Gasteiger charge is 2.36. The van der Waals surface area contributed by atoms with Gasteiger partial charge in [0, 0.05) is 0 Å². The highest BCUT2D eigenvalue weighted by atomic mass is 35.5. The van der Waals surface area contributed by atoms with Crippen molar-refractivity contribution in [2.45, 2.75) is 19.3 Å². The third kappa shape index (κ3) is 2.33. The zero-order chi connectivity index (χ0) is 11.7. The lowest BCUT2D eigenvalue weighted by molar-refractivity contribution is -0.147. The summed E-state index contributed by atoms with van der Waals surface area (Å²) in [5.74, 6) is -0.625. The fourth-order valence-electron chi connectivity index (χ4n) is 2.11. The van der Waals surface area contributed by atoms with Crippen molar-refractivity contribution in [1.29, 1.82) is 0 Å². The van der Waals surface area contributed by atoms with Crippen LogP contribution in [0.2, 0.25) is 10.0 Å². The molecule has 86 valence electrons. The van der Waals surface area contributed by atoms with Gasteiger partial charge in [0.2, 0.25) is 0 Å². The van der Waals surface area contributed by atoms with Gasteiger partial charge < -0.3 is 5.11 Å². The molecule has 0 heterocycles. The molecule has 1 N–H and O–H groups in total. The number of carboxylic acid groups (broad SMARTS) is 1. The molecular formula is C12H12Cl2O2. The quantitative estimate of drug-likeness (QED) is 0.899. The average Bonchev–Trinajstić information content (AvgIpc) is 2.17. The molecule has 2 unspecified atom stereocenters. The maximum Gasteiger partial charge on any atom is 0.306 e. The molecule has 1 saturated carbocycles. The number of rotatable bonds is 3. The molecule has 0 amide bonds. The SMILES string of the molecule is O=C(O)C1CCC1Cc1ccc(Cl)c(Cl)c1. The van der Waals surface area contributed by atoms with E-state index in [1.807, 2.05) is 12.1 Å². The smallest absolute Gasteiger partial charge is 0.306 e. The van der Waals surface area contributed by atoms with Crippen LogP contribution in [0, 0.1) is 11.8 Å². The maximum atomic E-state index is 10.9. The molecule has 1 aromatic carbocycles. The van der Waals surface area contributed by atoms with Gasteiger partial charge in [-0.3, -0.25) is 4.79 Å². The van der Waals surface area contributed by atoms with Crippen molar-refractivity contribution in [3.8, 4) is 0 Å². The van der Waals surface area contributed by atoms with E-state index in [-0.39, 0.29) is 11.8 Å². The standard InChI is InChI=1S/C12H12Cl2O2/c13-10-4-1-7(6-11(10)14)5-8-2-3-9(8)12(15)16/h1,4,6,8-9H,2-3,5H2,(H,15,16). The summed E-state index contributed by atoms with van der Waals surface area (Å²) in [5.41, 5.74) is 1.06.